The molecule has 29 heavy (non-hydrogen) atoms. The molecule has 0 saturated heterocycles. The molecule has 0 amide bonds. The minimum absolute atomic E-state index is 0.149. The Morgan fingerprint density at radius 2 is 1.72 bits per heavy atom. The van der Waals surface area contributed by atoms with Gasteiger partial charge in [-0.1, -0.05) is 44.2 Å². The Bertz CT molecular complexity index is 1100. The van der Waals surface area contributed by atoms with Crippen molar-refractivity contribution in [3.63, 3.8) is 0 Å². The van der Waals surface area contributed by atoms with E-state index in [1.54, 1.807) is 26.0 Å². The van der Waals surface area contributed by atoms with E-state index in [9.17, 15) is 13.7 Å². The fourth-order valence-corrected chi connectivity index (χ4v) is 4.36. The maximum absolute atomic E-state index is 12.6. The first-order valence-corrected chi connectivity index (χ1v) is 10.7. The number of benzene rings is 2. The molecule has 2 aromatic carbocycles. The third-order valence-corrected chi connectivity index (χ3v) is 6.54. The summed E-state index contributed by atoms with van der Waals surface area (Å²) in [6.45, 7) is 4.90. The predicted octanol–water partition coefficient (Wildman–Crippen LogP) is 3.86. The molecule has 8 heteroatoms. The van der Waals surface area contributed by atoms with Crippen LogP contribution in [0, 0.1) is 11.3 Å². The van der Waals surface area contributed by atoms with Crippen LogP contribution in [0.25, 0.3) is 11.5 Å². The predicted molar refractivity (Wildman–Crippen MR) is 111 cm³/mol. The molecular formula is C21H22N4O3S. The van der Waals surface area contributed by atoms with Crippen LogP contribution in [0.4, 0.5) is 5.88 Å². The van der Waals surface area contributed by atoms with Crippen LogP contribution in [0.2, 0.25) is 0 Å². The summed E-state index contributed by atoms with van der Waals surface area (Å²) in [5, 5.41) is 12.4. The van der Waals surface area contributed by atoms with Gasteiger partial charge < -0.3 is 9.73 Å². The molecular weight excluding hydrogens is 388 g/mol. The van der Waals surface area contributed by atoms with E-state index >= 15 is 0 Å². The largest absolute Gasteiger partial charge is 0.419 e. The lowest BCUT2D eigenvalue weighted by Gasteiger charge is -2.18. The minimum Gasteiger partial charge on any atom is -0.419 e. The van der Waals surface area contributed by atoms with Crippen LogP contribution in [0.5, 0.6) is 0 Å². The van der Waals surface area contributed by atoms with E-state index in [1.807, 2.05) is 36.4 Å². The van der Waals surface area contributed by atoms with E-state index in [4.69, 9.17) is 4.42 Å². The van der Waals surface area contributed by atoms with Crippen molar-refractivity contribution in [1.82, 2.24) is 9.29 Å². The van der Waals surface area contributed by atoms with Crippen molar-refractivity contribution in [2.75, 3.05) is 18.4 Å². The van der Waals surface area contributed by atoms with E-state index in [2.05, 4.69) is 10.3 Å². The summed E-state index contributed by atoms with van der Waals surface area (Å²) >= 11 is 0. The topological polar surface area (TPSA) is 99.2 Å². The zero-order valence-corrected chi connectivity index (χ0v) is 17.1. The van der Waals surface area contributed by atoms with E-state index in [1.165, 1.54) is 16.4 Å². The van der Waals surface area contributed by atoms with Gasteiger partial charge in [0.25, 0.3) is 0 Å². The average molecular weight is 410 g/mol. The lowest BCUT2D eigenvalue weighted by molar-refractivity contribution is 0.445. The molecule has 0 bridgehead atoms. The van der Waals surface area contributed by atoms with Crippen molar-refractivity contribution in [2.45, 2.75) is 25.3 Å². The second kappa shape index (κ2) is 8.90. The lowest BCUT2D eigenvalue weighted by atomic mass is 10.2. The molecule has 3 rings (SSSR count). The highest BCUT2D eigenvalue weighted by Gasteiger charge is 2.22. The monoisotopic (exact) mass is 410 g/mol. The number of nitrogens with one attached hydrogen (secondary N) is 1. The van der Waals surface area contributed by atoms with Crippen molar-refractivity contribution in [2.24, 2.45) is 0 Å². The van der Waals surface area contributed by atoms with Crippen LogP contribution in [0.3, 0.4) is 0 Å². The van der Waals surface area contributed by atoms with E-state index in [0.29, 0.717) is 25.2 Å². The van der Waals surface area contributed by atoms with Gasteiger partial charge in [0.15, 0.2) is 0 Å². The summed E-state index contributed by atoms with van der Waals surface area (Å²) in [6, 6.07) is 18.0. The maximum Gasteiger partial charge on any atom is 0.243 e. The van der Waals surface area contributed by atoms with E-state index in [-0.39, 0.29) is 22.4 Å². The van der Waals surface area contributed by atoms with Gasteiger partial charge in [0.2, 0.25) is 27.5 Å². The van der Waals surface area contributed by atoms with Gasteiger partial charge in [-0.05, 0) is 29.8 Å². The number of hydrogen-bond donors (Lipinski definition) is 1. The van der Waals surface area contributed by atoms with Gasteiger partial charge in [-0.25, -0.2) is 8.42 Å². The summed E-state index contributed by atoms with van der Waals surface area (Å²) in [6.07, 6.45) is 0. The lowest BCUT2D eigenvalue weighted by Crippen LogP contribution is -2.30. The van der Waals surface area contributed by atoms with Gasteiger partial charge in [0, 0.05) is 25.2 Å². The second-order valence-corrected chi connectivity index (χ2v) is 8.20. The van der Waals surface area contributed by atoms with Crippen molar-refractivity contribution < 1.29 is 12.8 Å². The number of rotatable bonds is 8. The van der Waals surface area contributed by atoms with Gasteiger partial charge in [-0.15, -0.1) is 0 Å². The van der Waals surface area contributed by atoms with Crippen molar-refractivity contribution in [1.29, 1.82) is 5.26 Å². The molecule has 0 atom stereocenters. The van der Waals surface area contributed by atoms with Gasteiger partial charge in [-0.3, -0.25) is 0 Å². The molecule has 0 unspecified atom stereocenters. The quantitative estimate of drug-likeness (QED) is 0.605. The van der Waals surface area contributed by atoms with Crippen LogP contribution in [0.15, 0.2) is 63.9 Å². The van der Waals surface area contributed by atoms with Crippen molar-refractivity contribution in [3.8, 4) is 17.5 Å². The fourth-order valence-electron chi connectivity index (χ4n) is 2.90. The minimum atomic E-state index is -3.53. The van der Waals surface area contributed by atoms with Gasteiger partial charge >= 0.3 is 0 Å². The van der Waals surface area contributed by atoms with Crippen LogP contribution in [0.1, 0.15) is 25.1 Å². The molecule has 1 aromatic heterocycles. The number of aromatic nitrogens is 1. The highest BCUT2D eigenvalue weighted by molar-refractivity contribution is 7.89. The molecule has 0 aliphatic rings. The number of nitriles is 1. The van der Waals surface area contributed by atoms with Crippen molar-refractivity contribution >= 4 is 15.9 Å². The summed E-state index contributed by atoms with van der Waals surface area (Å²) in [5.41, 5.74) is 1.78. The molecule has 0 spiro atoms. The van der Waals surface area contributed by atoms with Crippen LogP contribution in [-0.4, -0.2) is 30.8 Å². The number of hydrogen-bond acceptors (Lipinski definition) is 6. The molecule has 150 valence electrons. The van der Waals surface area contributed by atoms with E-state index in [0.717, 1.165) is 5.56 Å². The summed E-state index contributed by atoms with van der Waals surface area (Å²) in [5.74, 6) is 0.537. The van der Waals surface area contributed by atoms with Gasteiger partial charge in [0.1, 0.15) is 6.07 Å². The number of oxazole rings is 1. The number of sulfonamides is 1. The molecule has 0 aliphatic heterocycles. The third-order valence-electron chi connectivity index (χ3n) is 4.47. The normalized spacial score (nSPS) is 11.4. The summed E-state index contributed by atoms with van der Waals surface area (Å²) in [4.78, 5) is 4.43. The third kappa shape index (κ3) is 4.47. The van der Waals surface area contributed by atoms with Crippen molar-refractivity contribution in [3.05, 3.63) is 65.9 Å². The zero-order valence-electron chi connectivity index (χ0n) is 16.3. The smallest absolute Gasteiger partial charge is 0.243 e. The van der Waals surface area contributed by atoms with Gasteiger partial charge in [0.05, 0.1) is 4.90 Å². The Morgan fingerprint density at radius 1 is 1.07 bits per heavy atom. The van der Waals surface area contributed by atoms with Gasteiger partial charge in [-0.2, -0.15) is 14.6 Å². The maximum atomic E-state index is 12.6. The molecule has 0 aliphatic carbocycles. The molecule has 0 saturated carbocycles. The molecule has 1 heterocycles. The Balaban J connectivity index is 1.82. The Labute approximate surface area is 170 Å². The standard InChI is InChI=1S/C21H22N4O3S/c1-3-25(4-2)29(26,27)18-12-10-17(11-13-18)20-24-19(14-22)21(28-20)23-15-16-8-6-5-7-9-16/h5-13,23H,3-4,15H2,1-2H3. The fraction of sp³-hybridized carbons (Fsp3) is 0.238. The Hall–Kier alpha value is -3.15. The summed E-state index contributed by atoms with van der Waals surface area (Å²) < 4.78 is 32.3. The molecule has 0 fully saturated rings. The number of anilines is 1. The Morgan fingerprint density at radius 3 is 2.31 bits per heavy atom. The molecule has 1 N–H and O–H groups in total. The zero-order chi connectivity index (χ0) is 20.9. The first-order valence-electron chi connectivity index (χ1n) is 9.28. The molecule has 7 nitrogen and oxygen atoms in total. The molecule has 3 aromatic rings. The first-order chi connectivity index (χ1) is 14.0. The second-order valence-electron chi connectivity index (χ2n) is 6.26. The SMILES string of the molecule is CCN(CC)S(=O)(=O)c1ccc(-c2nc(C#N)c(NCc3ccccc3)o2)cc1. The number of nitrogens with zero attached hydrogens (tertiary/aromatic N) is 3. The van der Waals surface area contributed by atoms with Crippen LogP contribution >= 0.6 is 0 Å². The first kappa shape index (κ1) is 20.6. The average Bonchev–Trinajstić information content (AvgIpc) is 3.17. The molecule has 0 radical (unpaired) electrons. The van der Waals surface area contributed by atoms with Crippen LogP contribution in [-0.2, 0) is 16.6 Å². The van der Waals surface area contributed by atoms with Crippen LogP contribution < -0.4 is 5.32 Å². The highest BCUT2D eigenvalue weighted by atomic mass is 32.2. The highest BCUT2D eigenvalue weighted by Crippen LogP contribution is 2.27. The van der Waals surface area contributed by atoms with E-state index < -0.39 is 10.0 Å². The Kier molecular flexibility index (Phi) is 6.32. The summed E-state index contributed by atoms with van der Waals surface area (Å²) in [7, 11) is -3.53.